The van der Waals surface area contributed by atoms with E-state index < -0.39 is 0 Å². The Morgan fingerprint density at radius 1 is 1.11 bits per heavy atom. The molecule has 1 heteroatoms. The number of hydrogen-bond acceptors (Lipinski definition) is 1. The molecule has 2 aliphatic rings. The third kappa shape index (κ3) is 2.21. The predicted octanol–water partition coefficient (Wildman–Crippen LogP) is 4.23. The standard InChI is InChI=1S/C17H25N/c1-17(2)12-6-5-9-16(17)18-15-11-10-13-7-3-4-8-14(13)15/h3-4,7-8,15-16,18H,5-6,9-12H2,1-2H3. The van der Waals surface area contributed by atoms with E-state index in [0.717, 1.165) is 0 Å². The van der Waals surface area contributed by atoms with Crippen molar-refractivity contribution in [2.75, 3.05) is 0 Å². The highest BCUT2D eigenvalue weighted by Gasteiger charge is 2.34. The van der Waals surface area contributed by atoms with Crippen LogP contribution in [0, 0.1) is 5.41 Å². The maximum absolute atomic E-state index is 3.96. The van der Waals surface area contributed by atoms with Gasteiger partial charge >= 0.3 is 0 Å². The molecule has 2 aliphatic carbocycles. The molecule has 0 heterocycles. The van der Waals surface area contributed by atoms with Crippen LogP contribution in [-0.4, -0.2) is 6.04 Å². The summed E-state index contributed by atoms with van der Waals surface area (Å²) in [6.07, 6.45) is 8.07. The maximum Gasteiger partial charge on any atom is 0.0328 e. The molecule has 0 bridgehead atoms. The van der Waals surface area contributed by atoms with Gasteiger partial charge in [-0.3, -0.25) is 0 Å². The summed E-state index contributed by atoms with van der Waals surface area (Å²) in [4.78, 5) is 0. The number of benzene rings is 1. The summed E-state index contributed by atoms with van der Waals surface area (Å²) in [6, 6.07) is 10.3. The molecule has 2 unspecified atom stereocenters. The SMILES string of the molecule is CC1(C)CCCCC1NC1CCc2ccccc21. The van der Waals surface area contributed by atoms with E-state index in [9.17, 15) is 0 Å². The lowest BCUT2D eigenvalue weighted by Crippen LogP contribution is -2.45. The predicted molar refractivity (Wildman–Crippen MR) is 76.7 cm³/mol. The zero-order valence-corrected chi connectivity index (χ0v) is 11.7. The van der Waals surface area contributed by atoms with Gasteiger partial charge in [0.15, 0.2) is 0 Å². The molecule has 98 valence electrons. The first-order chi connectivity index (χ1) is 8.67. The van der Waals surface area contributed by atoms with E-state index in [1.165, 1.54) is 38.5 Å². The smallest absolute Gasteiger partial charge is 0.0328 e. The molecule has 0 amide bonds. The molecule has 1 nitrogen and oxygen atoms in total. The number of hydrogen-bond donors (Lipinski definition) is 1. The third-order valence-electron chi connectivity index (χ3n) is 5.04. The summed E-state index contributed by atoms with van der Waals surface area (Å²) in [5.41, 5.74) is 3.58. The zero-order chi connectivity index (χ0) is 12.6. The van der Waals surface area contributed by atoms with E-state index in [0.29, 0.717) is 17.5 Å². The van der Waals surface area contributed by atoms with Crippen molar-refractivity contribution in [3.8, 4) is 0 Å². The summed E-state index contributed by atoms with van der Waals surface area (Å²) in [6.45, 7) is 4.87. The van der Waals surface area contributed by atoms with E-state index in [-0.39, 0.29) is 0 Å². The monoisotopic (exact) mass is 243 g/mol. The Morgan fingerprint density at radius 2 is 1.94 bits per heavy atom. The van der Waals surface area contributed by atoms with Crippen molar-refractivity contribution < 1.29 is 0 Å². The highest BCUT2D eigenvalue weighted by molar-refractivity contribution is 5.34. The summed E-state index contributed by atoms with van der Waals surface area (Å²) in [5, 5.41) is 3.96. The fraction of sp³-hybridized carbons (Fsp3) is 0.647. The fourth-order valence-electron chi connectivity index (χ4n) is 3.78. The number of aryl methyl sites for hydroxylation is 1. The first kappa shape index (κ1) is 12.2. The average Bonchev–Trinajstić information content (AvgIpc) is 2.75. The Balaban J connectivity index is 1.74. The van der Waals surface area contributed by atoms with Gasteiger partial charge in [-0.1, -0.05) is 51.0 Å². The Labute approximate surface area is 111 Å². The lowest BCUT2D eigenvalue weighted by Gasteiger charge is -2.41. The minimum Gasteiger partial charge on any atom is -0.307 e. The minimum absolute atomic E-state index is 0.468. The molecule has 1 fully saturated rings. The average molecular weight is 243 g/mol. The zero-order valence-electron chi connectivity index (χ0n) is 11.7. The molecule has 0 aliphatic heterocycles. The second-order valence-electron chi connectivity index (χ2n) is 6.74. The molecule has 0 spiro atoms. The molecule has 0 saturated heterocycles. The fourth-order valence-corrected chi connectivity index (χ4v) is 3.78. The van der Waals surface area contributed by atoms with Gasteiger partial charge in [0.2, 0.25) is 0 Å². The van der Waals surface area contributed by atoms with Gasteiger partial charge in [-0.2, -0.15) is 0 Å². The van der Waals surface area contributed by atoms with Crippen molar-refractivity contribution in [1.29, 1.82) is 0 Å². The second kappa shape index (κ2) is 4.70. The van der Waals surface area contributed by atoms with Gasteiger partial charge in [-0.15, -0.1) is 0 Å². The van der Waals surface area contributed by atoms with Crippen molar-refractivity contribution in [3.63, 3.8) is 0 Å². The van der Waals surface area contributed by atoms with Crippen molar-refractivity contribution in [3.05, 3.63) is 35.4 Å². The highest BCUT2D eigenvalue weighted by Crippen LogP contribution is 2.39. The molecule has 1 N–H and O–H groups in total. The molecule has 18 heavy (non-hydrogen) atoms. The van der Waals surface area contributed by atoms with Crippen molar-refractivity contribution >= 4 is 0 Å². The van der Waals surface area contributed by atoms with Crippen molar-refractivity contribution in [1.82, 2.24) is 5.32 Å². The van der Waals surface area contributed by atoms with Crippen LogP contribution in [0.5, 0.6) is 0 Å². The first-order valence-electron chi connectivity index (χ1n) is 7.51. The van der Waals surface area contributed by atoms with E-state index in [4.69, 9.17) is 0 Å². The minimum atomic E-state index is 0.468. The number of fused-ring (bicyclic) bond motifs is 1. The first-order valence-corrected chi connectivity index (χ1v) is 7.51. The second-order valence-corrected chi connectivity index (χ2v) is 6.74. The van der Waals surface area contributed by atoms with Crippen LogP contribution < -0.4 is 5.32 Å². The van der Waals surface area contributed by atoms with E-state index >= 15 is 0 Å². The Hall–Kier alpha value is -0.820. The quantitative estimate of drug-likeness (QED) is 0.819. The molecular formula is C17H25N. The molecule has 1 saturated carbocycles. The Bertz CT molecular complexity index is 421. The molecular weight excluding hydrogens is 218 g/mol. The molecule has 0 aromatic heterocycles. The van der Waals surface area contributed by atoms with Crippen LogP contribution in [0.4, 0.5) is 0 Å². The van der Waals surface area contributed by atoms with Gasteiger partial charge in [-0.05, 0) is 42.2 Å². The highest BCUT2D eigenvalue weighted by atomic mass is 15.0. The Kier molecular flexibility index (Phi) is 3.19. The molecule has 3 rings (SSSR count). The van der Waals surface area contributed by atoms with Crippen molar-refractivity contribution in [2.24, 2.45) is 5.41 Å². The third-order valence-corrected chi connectivity index (χ3v) is 5.04. The molecule has 1 aromatic carbocycles. The summed E-state index contributed by atoms with van der Waals surface area (Å²) in [5.74, 6) is 0. The lowest BCUT2D eigenvalue weighted by atomic mass is 9.73. The van der Waals surface area contributed by atoms with Crippen LogP contribution in [0.25, 0.3) is 0 Å². The number of rotatable bonds is 2. The normalized spacial score (nSPS) is 30.1. The van der Waals surface area contributed by atoms with E-state index in [1.807, 2.05) is 0 Å². The number of nitrogens with one attached hydrogen (secondary N) is 1. The van der Waals surface area contributed by atoms with Crippen LogP contribution >= 0.6 is 0 Å². The maximum atomic E-state index is 3.96. The van der Waals surface area contributed by atoms with Crippen molar-refractivity contribution in [2.45, 2.75) is 64.5 Å². The van der Waals surface area contributed by atoms with Crippen LogP contribution in [0.1, 0.15) is 63.1 Å². The lowest BCUT2D eigenvalue weighted by molar-refractivity contribution is 0.155. The Morgan fingerprint density at radius 3 is 2.78 bits per heavy atom. The van der Waals surface area contributed by atoms with Gasteiger partial charge < -0.3 is 5.32 Å². The van der Waals surface area contributed by atoms with Gasteiger partial charge in [0.25, 0.3) is 0 Å². The van der Waals surface area contributed by atoms with Gasteiger partial charge in [0.1, 0.15) is 0 Å². The molecule has 0 radical (unpaired) electrons. The van der Waals surface area contributed by atoms with Crippen LogP contribution in [0.3, 0.4) is 0 Å². The van der Waals surface area contributed by atoms with Crippen LogP contribution in [-0.2, 0) is 6.42 Å². The van der Waals surface area contributed by atoms with Crippen LogP contribution in [0.15, 0.2) is 24.3 Å². The van der Waals surface area contributed by atoms with E-state index in [2.05, 4.69) is 43.4 Å². The molecule has 2 atom stereocenters. The summed E-state index contributed by atoms with van der Waals surface area (Å²) >= 11 is 0. The van der Waals surface area contributed by atoms with Gasteiger partial charge in [-0.25, -0.2) is 0 Å². The molecule has 1 aromatic rings. The van der Waals surface area contributed by atoms with E-state index in [1.54, 1.807) is 11.1 Å². The van der Waals surface area contributed by atoms with Gasteiger partial charge in [0, 0.05) is 12.1 Å². The largest absolute Gasteiger partial charge is 0.307 e. The van der Waals surface area contributed by atoms with Gasteiger partial charge in [0.05, 0.1) is 0 Å². The summed E-state index contributed by atoms with van der Waals surface area (Å²) in [7, 11) is 0. The topological polar surface area (TPSA) is 12.0 Å². The van der Waals surface area contributed by atoms with Crippen LogP contribution in [0.2, 0.25) is 0 Å². The summed E-state index contributed by atoms with van der Waals surface area (Å²) < 4.78 is 0.